The van der Waals surface area contributed by atoms with Gasteiger partial charge in [-0.25, -0.2) is 0 Å². The molecule has 1 aliphatic heterocycles. The van der Waals surface area contributed by atoms with Gasteiger partial charge < -0.3 is 16.0 Å². The van der Waals surface area contributed by atoms with Crippen molar-refractivity contribution in [1.82, 2.24) is 5.32 Å². The van der Waals surface area contributed by atoms with Gasteiger partial charge in [0.15, 0.2) is 0 Å². The van der Waals surface area contributed by atoms with Gasteiger partial charge >= 0.3 is 0 Å². The van der Waals surface area contributed by atoms with Crippen LogP contribution < -0.4 is 16.0 Å². The first-order valence-corrected chi connectivity index (χ1v) is 6.49. The zero-order valence-electron chi connectivity index (χ0n) is 11.1. The average Bonchev–Trinajstić information content (AvgIpc) is 2.70. The SMILES string of the molecule is CC(C)NC(=O)CCN1CCc2cccc(N)c21. The topological polar surface area (TPSA) is 58.4 Å². The van der Waals surface area contributed by atoms with Gasteiger partial charge in [-0.15, -0.1) is 0 Å². The van der Waals surface area contributed by atoms with Gasteiger partial charge in [-0.1, -0.05) is 12.1 Å². The lowest BCUT2D eigenvalue weighted by Crippen LogP contribution is -2.33. The summed E-state index contributed by atoms with van der Waals surface area (Å²) in [5.41, 5.74) is 9.23. The summed E-state index contributed by atoms with van der Waals surface area (Å²) in [4.78, 5) is 13.9. The van der Waals surface area contributed by atoms with Crippen molar-refractivity contribution >= 4 is 17.3 Å². The van der Waals surface area contributed by atoms with Crippen LogP contribution in [0.2, 0.25) is 0 Å². The number of benzene rings is 1. The summed E-state index contributed by atoms with van der Waals surface area (Å²) >= 11 is 0. The summed E-state index contributed by atoms with van der Waals surface area (Å²) in [5.74, 6) is 0.105. The van der Waals surface area contributed by atoms with E-state index >= 15 is 0 Å². The molecular weight excluding hydrogens is 226 g/mol. The fourth-order valence-electron chi connectivity index (χ4n) is 2.42. The predicted molar refractivity (Wildman–Crippen MR) is 74.7 cm³/mol. The monoisotopic (exact) mass is 247 g/mol. The Labute approximate surface area is 108 Å². The van der Waals surface area contributed by atoms with Crippen LogP contribution in [0.4, 0.5) is 11.4 Å². The molecule has 98 valence electrons. The summed E-state index contributed by atoms with van der Waals surface area (Å²) < 4.78 is 0. The molecule has 0 bridgehead atoms. The molecule has 1 amide bonds. The zero-order valence-corrected chi connectivity index (χ0v) is 11.1. The first-order valence-electron chi connectivity index (χ1n) is 6.49. The quantitative estimate of drug-likeness (QED) is 0.794. The van der Waals surface area contributed by atoms with Crippen molar-refractivity contribution < 1.29 is 4.79 Å². The molecule has 0 fully saturated rings. The minimum absolute atomic E-state index is 0.105. The molecule has 4 heteroatoms. The van der Waals surface area contributed by atoms with Gasteiger partial charge in [-0.05, 0) is 31.9 Å². The molecule has 0 atom stereocenters. The maximum atomic E-state index is 11.6. The molecule has 3 N–H and O–H groups in total. The van der Waals surface area contributed by atoms with E-state index in [4.69, 9.17) is 5.73 Å². The van der Waals surface area contributed by atoms with E-state index in [0.29, 0.717) is 6.42 Å². The van der Waals surface area contributed by atoms with Crippen molar-refractivity contribution in [2.45, 2.75) is 32.7 Å². The van der Waals surface area contributed by atoms with E-state index in [1.807, 2.05) is 26.0 Å². The first kappa shape index (κ1) is 12.7. The van der Waals surface area contributed by atoms with Gasteiger partial charge in [0.1, 0.15) is 0 Å². The maximum Gasteiger partial charge on any atom is 0.221 e. The second-order valence-corrected chi connectivity index (χ2v) is 5.06. The third-order valence-corrected chi connectivity index (χ3v) is 3.18. The van der Waals surface area contributed by atoms with Crippen molar-refractivity contribution in [3.05, 3.63) is 23.8 Å². The number of para-hydroxylation sites is 1. The number of carbonyl (C=O) groups is 1. The van der Waals surface area contributed by atoms with Crippen molar-refractivity contribution in [1.29, 1.82) is 0 Å². The van der Waals surface area contributed by atoms with Gasteiger partial charge in [0, 0.05) is 25.6 Å². The smallest absolute Gasteiger partial charge is 0.221 e. The average molecular weight is 247 g/mol. The molecule has 1 heterocycles. The van der Waals surface area contributed by atoms with Crippen molar-refractivity contribution in [2.75, 3.05) is 23.7 Å². The molecule has 0 unspecified atom stereocenters. The van der Waals surface area contributed by atoms with Crippen molar-refractivity contribution in [3.8, 4) is 0 Å². The minimum atomic E-state index is 0.105. The van der Waals surface area contributed by atoms with E-state index in [9.17, 15) is 4.79 Å². The van der Waals surface area contributed by atoms with E-state index in [2.05, 4.69) is 16.3 Å². The number of nitrogens with two attached hydrogens (primary N) is 1. The van der Waals surface area contributed by atoms with Gasteiger partial charge in [0.2, 0.25) is 5.91 Å². The number of carbonyl (C=O) groups excluding carboxylic acids is 1. The zero-order chi connectivity index (χ0) is 13.1. The highest BCUT2D eigenvalue weighted by molar-refractivity contribution is 5.78. The van der Waals surface area contributed by atoms with Crippen LogP contribution in [0.25, 0.3) is 0 Å². The number of nitrogens with zero attached hydrogens (tertiary/aromatic N) is 1. The lowest BCUT2D eigenvalue weighted by Gasteiger charge is -2.21. The van der Waals surface area contributed by atoms with Crippen LogP contribution in [-0.4, -0.2) is 25.0 Å². The Morgan fingerprint density at radius 3 is 3.00 bits per heavy atom. The molecule has 2 rings (SSSR count). The third kappa shape index (κ3) is 2.75. The van der Waals surface area contributed by atoms with Gasteiger partial charge in [-0.3, -0.25) is 4.79 Å². The number of fused-ring (bicyclic) bond motifs is 1. The molecule has 0 spiro atoms. The normalized spacial score (nSPS) is 13.8. The Bertz CT molecular complexity index is 443. The van der Waals surface area contributed by atoms with Crippen LogP contribution in [0.3, 0.4) is 0 Å². The molecule has 1 aromatic rings. The van der Waals surface area contributed by atoms with E-state index in [1.54, 1.807) is 0 Å². The second kappa shape index (κ2) is 5.29. The molecule has 0 saturated carbocycles. The van der Waals surface area contributed by atoms with Crippen molar-refractivity contribution in [3.63, 3.8) is 0 Å². The Kier molecular flexibility index (Phi) is 3.75. The van der Waals surface area contributed by atoms with E-state index in [1.165, 1.54) is 5.56 Å². The van der Waals surface area contributed by atoms with Crippen LogP contribution in [0.5, 0.6) is 0 Å². The molecular formula is C14H21N3O. The maximum absolute atomic E-state index is 11.6. The Balaban J connectivity index is 1.96. The van der Waals surface area contributed by atoms with Crippen LogP contribution in [0.15, 0.2) is 18.2 Å². The largest absolute Gasteiger partial charge is 0.397 e. The number of amides is 1. The number of nitrogens with one attached hydrogen (secondary N) is 1. The number of nitrogen functional groups attached to an aromatic ring is 1. The fourth-order valence-corrected chi connectivity index (χ4v) is 2.42. The predicted octanol–water partition coefficient (Wildman–Crippen LogP) is 1.55. The molecule has 1 aromatic carbocycles. The van der Waals surface area contributed by atoms with E-state index in [0.717, 1.165) is 30.9 Å². The molecule has 1 aliphatic rings. The highest BCUT2D eigenvalue weighted by Gasteiger charge is 2.21. The Hall–Kier alpha value is -1.71. The first-order chi connectivity index (χ1) is 8.58. The Morgan fingerprint density at radius 1 is 1.50 bits per heavy atom. The van der Waals surface area contributed by atoms with Gasteiger partial charge in [-0.2, -0.15) is 0 Å². The van der Waals surface area contributed by atoms with Crippen LogP contribution in [-0.2, 0) is 11.2 Å². The molecule has 0 aliphatic carbocycles. The van der Waals surface area contributed by atoms with E-state index < -0.39 is 0 Å². The number of hydrogen-bond donors (Lipinski definition) is 2. The summed E-state index contributed by atoms with van der Waals surface area (Å²) in [6.45, 7) is 5.64. The van der Waals surface area contributed by atoms with Crippen LogP contribution >= 0.6 is 0 Å². The van der Waals surface area contributed by atoms with Crippen LogP contribution in [0.1, 0.15) is 25.8 Å². The summed E-state index contributed by atoms with van der Waals surface area (Å²) in [6.07, 6.45) is 1.54. The summed E-state index contributed by atoms with van der Waals surface area (Å²) in [6, 6.07) is 6.22. The van der Waals surface area contributed by atoms with E-state index in [-0.39, 0.29) is 11.9 Å². The number of anilines is 2. The van der Waals surface area contributed by atoms with Gasteiger partial charge in [0.25, 0.3) is 0 Å². The molecule has 0 saturated heterocycles. The van der Waals surface area contributed by atoms with Gasteiger partial charge in [0.05, 0.1) is 11.4 Å². The highest BCUT2D eigenvalue weighted by atomic mass is 16.1. The minimum Gasteiger partial charge on any atom is -0.397 e. The standard InChI is InChI=1S/C14H21N3O/c1-10(2)16-13(18)7-9-17-8-6-11-4-3-5-12(15)14(11)17/h3-5,10H,6-9,15H2,1-2H3,(H,16,18). The van der Waals surface area contributed by atoms with Crippen molar-refractivity contribution in [2.24, 2.45) is 0 Å². The molecule has 0 aromatic heterocycles. The third-order valence-electron chi connectivity index (χ3n) is 3.18. The van der Waals surface area contributed by atoms with Crippen LogP contribution in [0, 0.1) is 0 Å². The lowest BCUT2D eigenvalue weighted by molar-refractivity contribution is -0.121. The molecule has 0 radical (unpaired) electrons. The number of hydrogen-bond acceptors (Lipinski definition) is 3. The second-order valence-electron chi connectivity index (χ2n) is 5.06. The lowest BCUT2D eigenvalue weighted by atomic mass is 10.1. The molecule has 18 heavy (non-hydrogen) atoms. The summed E-state index contributed by atoms with van der Waals surface area (Å²) in [5, 5.41) is 2.91. The fraction of sp³-hybridized carbons (Fsp3) is 0.500. The molecule has 4 nitrogen and oxygen atoms in total. The number of rotatable bonds is 4. The Morgan fingerprint density at radius 2 is 2.28 bits per heavy atom. The summed E-state index contributed by atoms with van der Waals surface area (Å²) in [7, 11) is 0. The highest BCUT2D eigenvalue weighted by Crippen LogP contribution is 2.33.